The largest absolute Gasteiger partial charge is 1.00 e. The summed E-state index contributed by atoms with van der Waals surface area (Å²) in [5.41, 5.74) is 1.35. The molecule has 0 atom stereocenters. The molecule has 0 aliphatic carbocycles. The van der Waals surface area contributed by atoms with Gasteiger partial charge in [0, 0.05) is 0 Å². The minimum absolute atomic E-state index is 0. The quantitative estimate of drug-likeness (QED) is 0.316. The summed E-state index contributed by atoms with van der Waals surface area (Å²) in [6.45, 7) is 4.58. The van der Waals surface area contributed by atoms with Crippen molar-refractivity contribution in [3.63, 3.8) is 0 Å². The van der Waals surface area contributed by atoms with Crippen molar-refractivity contribution in [3.05, 3.63) is 35.9 Å². The van der Waals surface area contributed by atoms with Gasteiger partial charge in [0.25, 0.3) is 0 Å². The van der Waals surface area contributed by atoms with Crippen molar-refractivity contribution in [3.8, 4) is 0 Å². The number of benzene rings is 1. The van der Waals surface area contributed by atoms with Crippen molar-refractivity contribution < 1.29 is 18.9 Å². The first-order chi connectivity index (χ1) is 4.79. The van der Waals surface area contributed by atoms with Crippen LogP contribution < -0.4 is 18.9 Å². The van der Waals surface area contributed by atoms with Gasteiger partial charge in [0.15, 0.2) is 0 Å². The van der Waals surface area contributed by atoms with E-state index in [1.165, 1.54) is 11.7 Å². The summed E-state index contributed by atoms with van der Waals surface area (Å²) >= 11 is 0. The second-order valence-corrected chi connectivity index (χ2v) is 5.10. The Bertz CT molecular complexity index is 184. The zero-order chi connectivity index (χ0) is 7.40. The van der Waals surface area contributed by atoms with E-state index in [1.54, 1.807) is 0 Å². The van der Waals surface area contributed by atoms with Crippen LogP contribution in [0.2, 0.25) is 0 Å². The van der Waals surface area contributed by atoms with Crippen LogP contribution in [-0.2, 0) is 6.16 Å². The van der Waals surface area contributed by atoms with E-state index in [0.29, 0.717) is 0 Å². The third-order valence-electron chi connectivity index (χ3n) is 1.26. The van der Waals surface area contributed by atoms with Gasteiger partial charge in [-0.05, 0) is 19.5 Å². The van der Waals surface area contributed by atoms with E-state index in [1.807, 2.05) is 12.1 Å². The second-order valence-electron chi connectivity index (χ2n) is 2.63. The minimum atomic E-state index is 0. The van der Waals surface area contributed by atoms with Crippen molar-refractivity contribution in [1.29, 1.82) is 0 Å². The van der Waals surface area contributed by atoms with Gasteiger partial charge < -0.3 is 0 Å². The van der Waals surface area contributed by atoms with Gasteiger partial charge in [0.2, 0.25) is 0 Å². The first-order valence-electron chi connectivity index (χ1n) is 3.39. The second kappa shape index (κ2) is 5.84. The van der Waals surface area contributed by atoms with Gasteiger partial charge in [-0.15, -0.1) is 7.92 Å². The van der Waals surface area contributed by atoms with Crippen molar-refractivity contribution in [2.75, 3.05) is 13.3 Å². The first kappa shape index (κ1) is 11.2. The van der Waals surface area contributed by atoms with Crippen LogP contribution in [0, 0.1) is 6.07 Å². The predicted molar refractivity (Wildman–Crippen MR) is 47.8 cm³/mol. The fraction of sp³-hybridized carbons (Fsp3) is 0.333. The molecule has 0 saturated carbocycles. The van der Waals surface area contributed by atoms with Crippen LogP contribution in [0.4, 0.5) is 0 Å². The van der Waals surface area contributed by atoms with Crippen LogP contribution in [0.25, 0.3) is 0 Å². The Morgan fingerprint density at radius 2 is 2.09 bits per heavy atom. The minimum Gasteiger partial charge on any atom is -0.180 e. The number of hydrogen-bond donors (Lipinski definition) is 0. The molecule has 0 spiro atoms. The van der Waals surface area contributed by atoms with Crippen LogP contribution in [-0.4, -0.2) is 13.3 Å². The average molecular weight is 158 g/mol. The molecular formula is C9H12LiP. The van der Waals surface area contributed by atoms with Gasteiger partial charge in [-0.3, -0.25) is 0 Å². The van der Waals surface area contributed by atoms with Crippen molar-refractivity contribution in [2.45, 2.75) is 6.16 Å². The molecule has 2 heteroatoms. The molecule has 1 rings (SSSR count). The smallest absolute Gasteiger partial charge is 0.180 e. The molecular weight excluding hydrogens is 146 g/mol. The van der Waals surface area contributed by atoms with E-state index >= 15 is 0 Å². The third-order valence-corrected chi connectivity index (χ3v) is 2.23. The summed E-state index contributed by atoms with van der Waals surface area (Å²) < 4.78 is 0. The topological polar surface area (TPSA) is 0 Å². The van der Waals surface area contributed by atoms with Gasteiger partial charge in [-0.1, -0.05) is 0 Å². The zero-order valence-electron chi connectivity index (χ0n) is 7.46. The van der Waals surface area contributed by atoms with Gasteiger partial charge in [0.05, 0.1) is 0 Å². The monoisotopic (exact) mass is 158 g/mol. The molecule has 0 N–H and O–H groups in total. The molecule has 0 heterocycles. The molecule has 0 fully saturated rings. The molecule has 0 saturated heterocycles. The molecule has 0 amide bonds. The molecule has 1 aromatic carbocycles. The maximum atomic E-state index is 3.22. The fourth-order valence-corrected chi connectivity index (χ4v) is 1.75. The number of rotatable bonds is 2. The van der Waals surface area contributed by atoms with E-state index < -0.39 is 0 Å². The maximum absolute atomic E-state index is 3.22. The van der Waals surface area contributed by atoms with Crippen molar-refractivity contribution in [1.82, 2.24) is 0 Å². The molecule has 0 radical (unpaired) electrons. The van der Waals surface area contributed by atoms with E-state index in [0.717, 1.165) is 0 Å². The third kappa shape index (κ3) is 4.65. The summed E-state index contributed by atoms with van der Waals surface area (Å²) in [5.74, 6) is 0. The average Bonchev–Trinajstić information content (AvgIpc) is 1.88. The van der Waals surface area contributed by atoms with Gasteiger partial charge in [-0.2, -0.15) is 35.9 Å². The van der Waals surface area contributed by atoms with Crippen LogP contribution in [0.15, 0.2) is 24.3 Å². The van der Waals surface area contributed by atoms with Gasteiger partial charge >= 0.3 is 18.9 Å². The van der Waals surface area contributed by atoms with E-state index in [4.69, 9.17) is 0 Å². The Kier molecular flexibility index (Phi) is 5.97. The Hall–Kier alpha value is 0.247. The summed E-state index contributed by atoms with van der Waals surface area (Å²) in [6.07, 6.45) is 1.20. The van der Waals surface area contributed by atoms with Crippen LogP contribution >= 0.6 is 7.92 Å². The van der Waals surface area contributed by atoms with E-state index in [9.17, 15) is 0 Å². The van der Waals surface area contributed by atoms with E-state index in [-0.39, 0.29) is 26.8 Å². The molecule has 0 unspecified atom stereocenters. The van der Waals surface area contributed by atoms with Crippen LogP contribution in [0.1, 0.15) is 5.56 Å². The Morgan fingerprint density at radius 1 is 1.36 bits per heavy atom. The van der Waals surface area contributed by atoms with E-state index in [2.05, 4.69) is 31.5 Å². The summed E-state index contributed by atoms with van der Waals surface area (Å²) in [5, 5.41) is 0. The molecule has 0 bridgehead atoms. The summed E-state index contributed by atoms with van der Waals surface area (Å²) in [4.78, 5) is 0. The van der Waals surface area contributed by atoms with Crippen LogP contribution in [0.3, 0.4) is 0 Å². The summed E-state index contributed by atoms with van der Waals surface area (Å²) in [7, 11) is 0.192. The van der Waals surface area contributed by atoms with Crippen LogP contribution in [0.5, 0.6) is 0 Å². The molecule has 1 aromatic rings. The first-order valence-corrected chi connectivity index (χ1v) is 5.81. The molecule has 0 aliphatic heterocycles. The zero-order valence-corrected chi connectivity index (χ0v) is 8.36. The number of hydrogen-bond acceptors (Lipinski definition) is 0. The Morgan fingerprint density at radius 3 is 2.55 bits per heavy atom. The standard InChI is InChI=1S/C9H12P.Li/c1-10(2)8-9-6-4-3-5-7-9;/h3-6H,8H2,1-2H3;/q-1;+1. The molecule has 11 heavy (non-hydrogen) atoms. The van der Waals surface area contributed by atoms with Gasteiger partial charge in [0.1, 0.15) is 0 Å². The van der Waals surface area contributed by atoms with Gasteiger partial charge in [-0.25, -0.2) is 0 Å². The molecule has 0 nitrogen and oxygen atoms in total. The van der Waals surface area contributed by atoms with Crippen molar-refractivity contribution >= 4 is 7.92 Å². The fourth-order valence-electron chi connectivity index (χ4n) is 0.870. The predicted octanol–water partition coefficient (Wildman–Crippen LogP) is -0.268. The molecule has 0 aliphatic rings. The molecule has 54 valence electrons. The summed E-state index contributed by atoms with van der Waals surface area (Å²) in [6, 6.07) is 11.4. The maximum Gasteiger partial charge on any atom is 1.00 e. The SMILES string of the molecule is CP(C)Cc1[c-]cccc1.[Li+]. The Balaban J connectivity index is 0.000001000. The van der Waals surface area contributed by atoms with Crippen molar-refractivity contribution in [2.24, 2.45) is 0 Å². The normalized spacial score (nSPS) is 9.36. The Labute approximate surface area is 82.3 Å². The molecule has 0 aromatic heterocycles.